The van der Waals surface area contributed by atoms with E-state index in [1.54, 1.807) is 37.1 Å². The second kappa shape index (κ2) is 5.82. The van der Waals surface area contributed by atoms with Crippen molar-refractivity contribution in [3.05, 3.63) is 65.2 Å². The fraction of sp³-hybridized carbons (Fsp3) is 0.188. The molecule has 0 bridgehead atoms. The van der Waals surface area contributed by atoms with E-state index >= 15 is 0 Å². The van der Waals surface area contributed by atoms with Gasteiger partial charge >= 0.3 is 0 Å². The van der Waals surface area contributed by atoms with E-state index in [9.17, 15) is 13.6 Å². The Balaban J connectivity index is 2.44. The minimum atomic E-state index is -0.500. The molecule has 0 saturated heterocycles. The first kappa shape index (κ1) is 14.2. The van der Waals surface area contributed by atoms with Gasteiger partial charge in [0.05, 0.1) is 11.7 Å². The van der Waals surface area contributed by atoms with Crippen molar-refractivity contribution in [2.24, 2.45) is 0 Å². The van der Waals surface area contributed by atoms with Crippen LogP contribution in [-0.2, 0) is 0 Å². The Bertz CT molecular complexity index is 628. The Kier molecular flexibility index (Phi) is 4.13. The van der Waals surface area contributed by atoms with Gasteiger partial charge in [-0.25, -0.2) is 8.78 Å². The van der Waals surface area contributed by atoms with Crippen LogP contribution in [0.3, 0.4) is 0 Å². The highest BCUT2D eigenvalue weighted by atomic mass is 19.1. The molecule has 20 heavy (non-hydrogen) atoms. The predicted octanol–water partition coefficient (Wildman–Crippen LogP) is 3.97. The zero-order valence-corrected chi connectivity index (χ0v) is 11.3. The molecular formula is C16H15F2NO. The van der Waals surface area contributed by atoms with Crippen molar-refractivity contribution in [2.75, 3.05) is 11.9 Å². The molecule has 104 valence electrons. The maximum atomic E-state index is 14.0. The largest absolute Gasteiger partial charge is 0.365 e. The van der Waals surface area contributed by atoms with E-state index in [0.29, 0.717) is 11.8 Å². The fourth-order valence-electron chi connectivity index (χ4n) is 2.22. The highest BCUT2D eigenvalue weighted by Crippen LogP contribution is 2.30. The van der Waals surface area contributed by atoms with Crippen LogP contribution in [0.4, 0.5) is 14.5 Å². The van der Waals surface area contributed by atoms with Crippen LogP contribution in [-0.4, -0.2) is 13.3 Å². The van der Waals surface area contributed by atoms with Gasteiger partial charge in [0.25, 0.3) is 0 Å². The lowest BCUT2D eigenvalue weighted by Crippen LogP contribution is -2.24. The highest BCUT2D eigenvalue weighted by Gasteiger charge is 2.20. The number of carbonyl (C=O) groups excluding carboxylic acids is 1. The fourth-order valence-corrected chi connectivity index (χ4v) is 2.22. The molecule has 0 aliphatic carbocycles. The molecule has 0 amide bonds. The Morgan fingerprint density at radius 2 is 1.70 bits per heavy atom. The van der Waals surface area contributed by atoms with Crippen LogP contribution in [0.5, 0.6) is 0 Å². The molecule has 0 aromatic heterocycles. The molecule has 2 nitrogen and oxygen atoms in total. The van der Waals surface area contributed by atoms with Crippen LogP contribution in [0.2, 0.25) is 0 Å². The molecule has 0 radical (unpaired) electrons. The van der Waals surface area contributed by atoms with Gasteiger partial charge in [-0.15, -0.1) is 0 Å². The van der Waals surface area contributed by atoms with Crippen molar-refractivity contribution in [3.8, 4) is 0 Å². The Hall–Kier alpha value is -2.23. The molecule has 2 aromatic rings. The van der Waals surface area contributed by atoms with Crippen molar-refractivity contribution in [1.82, 2.24) is 0 Å². The van der Waals surface area contributed by atoms with E-state index in [2.05, 4.69) is 0 Å². The number of hydrogen-bond donors (Lipinski definition) is 0. The summed E-state index contributed by atoms with van der Waals surface area (Å²) in [6.07, 6.45) is 0.600. The zero-order chi connectivity index (χ0) is 14.7. The maximum Gasteiger partial charge on any atom is 0.152 e. The molecule has 0 spiro atoms. The zero-order valence-electron chi connectivity index (χ0n) is 11.3. The lowest BCUT2D eigenvalue weighted by molar-refractivity contribution is 0.112. The minimum Gasteiger partial charge on any atom is -0.365 e. The summed E-state index contributed by atoms with van der Waals surface area (Å²) in [6.45, 7) is 1.76. The van der Waals surface area contributed by atoms with Crippen molar-refractivity contribution in [2.45, 2.75) is 13.0 Å². The number of carbonyl (C=O) groups is 1. The van der Waals surface area contributed by atoms with E-state index in [1.165, 1.54) is 24.3 Å². The van der Waals surface area contributed by atoms with Gasteiger partial charge in [-0.05, 0) is 25.1 Å². The van der Waals surface area contributed by atoms with Crippen LogP contribution >= 0.6 is 0 Å². The predicted molar refractivity (Wildman–Crippen MR) is 75.0 cm³/mol. The molecule has 0 aliphatic heterocycles. The molecule has 0 saturated carbocycles. The van der Waals surface area contributed by atoms with Crippen molar-refractivity contribution in [3.63, 3.8) is 0 Å². The third-order valence-electron chi connectivity index (χ3n) is 3.43. The minimum absolute atomic E-state index is 0.179. The van der Waals surface area contributed by atoms with Crippen LogP contribution in [0.25, 0.3) is 0 Å². The number of anilines is 1. The van der Waals surface area contributed by atoms with Gasteiger partial charge in [0, 0.05) is 18.2 Å². The second-order valence-electron chi connectivity index (χ2n) is 4.60. The van der Waals surface area contributed by atoms with Crippen molar-refractivity contribution in [1.29, 1.82) is 0 Å². The Labute approximate surface area is 116 Å². The molecular weight excluding hydrogens is 260 g/mol. The third kappa shape index (κ3) is 2.54. The molecule has 0 N–H and O–H groups in total. The topological polar surface area (TPSA) is 20.3 Å². The standard InChI is InChI=1S/C16H15F2NO/c1-11(13-7-3-4-8-14(13)17)19(2)16-12(10-20)6-5-9-15(16)18/h3-11H,1-2H3. The van der Waals surface area contributed by atoms with Crippen LogP contribution in [0.15, 0.2) is 42.5 Å². The second-order valence-corrected chi connectivity index (χ2v) is 4.60. The van der Waals surface area contributed by atoms with Crippen molar-refractivity contribution >= 4 is 12.0 Å². The monoisotopic (exact) mass is 275 g/mol. The summed E-state index contributed by atoms with van der Waals surface area (Å²) in [7, 11) is 1.64. The average molecular weight is 275 g/mol. The van der Waals surface area contributed by atoms with Gasteiger partial charge in [0.1, 0.15) is 11.6 Å². The summed E-state index contributed by atoms with van der Waals surface area (Å²) in [5.41, 5.74) is 0.879. The van der Waals surface area contributed by atoms with Crippen molar-refractivity contribution < 1.29 is 13.6 Å². The summed E-state index contributed by atoms with van der Waals surface area (Å²) in [4.78, 5) is 12.6. The summed E-state index contributed by atoms with van der Waals surface area (Å²) in [5.74, 6) is -0.851. The number of hydrogen-bond acceptors (Lipinski definition) is 2. The molecule has 2 rings (SSSR count). The van der Waals surface area contributed by atoms with E-state index in [-0.39, 0.29) is 17.1 Å². The quantitative estimate of drug-likeness (QED) is 0.787. The molecule has 1 atom stereocenters. The number of aldehydes is 1. The highest BCUT2D eigenvalue weighted by molar-refractivity contribution is 5.84. The van der Waals surface area contributed by atoms with Crippen LogP contribution in [0.1, 0.15) is 28.9 Å². The Morgan fingerprint density at radius 1 is 1.05 bits per heavy atom. The van der Waals surface area contributed by atoms with E-state index in [0.717, 1.165) is 0 Å². The molecule has 1 unspecified atom stereocenters. The van der Waals surface area contributed by atoms with Crippen LogP contribution < -0.4 is 4.90 Å². The first-order valence-corrected chi connectivity index (χ1v) is 6.27. The summed E-state index contributed by atoms with van der Waals surface area (Å²) >= 11 is 0. The molecule has 4 heteroatoms. The normalized spacial score (nSPS) is 12.0. The summed E-state index contributed by atoms with van der Waals surface area (Å²) in [5, 5.41) is 0. The number of rotatable bonds is 4. The van der Waals surface area contributed by atoms with Gasteiger partial charge < -0.3 is 4.90 Å². The molecule has 0 heterocycles. The number of halogens is 2. The lowest BCUT2D eigenvalue weighted by Gasteiger charge is -2.29. The third-order valence-corrected chi connectivity index (χ3v) is 3.43. The maximum absolute atomic E-state index is 14.0. The number of benzene rings is 2. The van der Waals surface area contributed by atoms with E-state index < -0.39 is 11.9 Å². The first-order valence-electron chi connectivity index (χ1n) is 6.27. The van der Waals surface area contributed by atoms with Gasteiger partial charge in [-0.1, -0.05) is 24.3 Å². The Morgan fingerprint density at radius 3 is 2.35 bits per heavy atom. The molecule has 2 aromatic carbocycles. The van der Waals surface area contributed by atoms with Crippen LogP contribution in [0, 0.1) is 11.6 Å². The lowest BCUT2D eigenvalue weighted by atomic mass is 10.0. The number of para-hydroxylation sites is 1. The molecule has 0 aliphatic rings. The van der Waals surface area contributed by atoms with Gasteiger partial charge in [-0.3, -0.25) is 4.79 Å². The van der Waals surface area contributed by atoms with Gasteiger partial charge in [-0.2, -0.15) is 0 Å². The van der Waals surface area contributed by atoms with E-state index in [1.807, 2.05) is 0 Å². The summed E-state index contributed by atoms with van der Waals surface area (Å²) < 4.78 is 27.8. The first-order chi connectivity index (χ1) is 9.56. The number of nitrogens with zero attached hydrogens (tertiary/aromatic N) is 1. The smallest absolute Gasteiger partial charge is 0.152 e. The van der Waals surface area contributed by atoms with Gasteiger partial charge in [0.15, 0.2) is 6.29 Å². The van der Waals surface area contributed by atoms with E-state index in [4.69, 9.17) is 0 Å². The van der Waals surface area contributed by atoms with Gasteiger partial charge in [0.2, 0.25) is 0 Å². The SMILES string of the molecule is CC(c1ccccc1F)N(C)c1c(F)cccc1C=O. The average Bonchev–Trinajstić information content (AvgIpc) is 2.46. The summed E-state index contributed by atoms with van der Waals surface area (Å²) in [6, 6.07) is 10.2. The molecule has 0 fully saturated rings.